The molecule has 0 radical (unpaired) electrons. The predicted octanol–water partition coefficient (Wildman–Crippen LogP) is 2.04. The van der Waals surface area contributed by atoms with Gasteiger partial charge in [0.2, 0.25) is 0 Å². The van der Waals surface area contributed by atoms with Gasteiger partial charge in [-0.1, -0.05) is 30.3 Å². The summed E-state index contributed by atoms with van der Waals surface area (Å²) in [6, 6.07) is 12.2. The molecule has 0 spiro atoms. The fourth-order valence-corrected chi connectivity index (χ4v) is 3.13. The second kappa shape index (κ2) is 4.19. The van der Waals surface area contributed by atoms with Gasteiger partial charge in [-0.15, -0.1) is 0 Å². The van der Waals surface area contributed by atoms with E-state index < -0.39 is 0 Å². The highest BCUT2D eigenvalue weighted by molar-refractivity contribution is 5.19. The van der Waals surface area contributed by atoms with Crippen molar-refractivity contribution in [3.05, 3.63) is 35.9 Å². The van der Waals surface area contributed by atoms with Crippen molar-refractivity contribution in [2.24, 2.45) is 5.92 Å². The molecule has 2 nitrogen and oxygen atoms in total. The fourth-order valence-electron chi connectivity index (χ4n) is 3.13. The van der Waals surface area contributed by atoms with E-state index in [0.717, 1.165) is 12.0 Å². The molecule has 2 fully saturated rings. The van der Waals surface area contributed by atoms with Crippen molar-refractivity contribution in [2.75, 3.05) is 19.6 Å². The van der Waals surface area contributed by atoms with E-state index in [1.807, 2.05) is 0 Å². The van der Waals surface area contributed by atoms with Crippen molar-refractivity contribution < 1.29 is 0 Å². The molecule has 0 amide bonds. The van der Waals surface area contributed by atoms with E-state index in [4.69, 9.17) is 0 Å². The number of nitrogens with zero attached hydrogens (tertiary/aromatic N) is 1. The number of fused-ring (bicyclic) bond motifs is 1. The zero-order valence-electron chi connectivity index (χ0n) is 9.89. The second-order valence-electron chi connectivity index (χ2n) is 5.10. The Morgan fingerprint density at radius 2 is 2.12 bits per heavy atom. The largest absolute Gasteiger partial charge is 0.315 e. The van der Waals surface area contributed by atoms with E-state index in [9.17, 15) is 0 Å². The van der Waals surface area contributed by atoms with E-state index >= 15 is 0 Å². The Balaban J connectivity index is 1.70. The summed E-state index contributed by atoms with van der Waals surface area (Å²) >= 11 is 0. The molecule has 3 atom stereocenters. The van der Waals surface area contributed by atoms with Crippen LogP contribution in [-0.4, -0.2) is 30.6 Å². The molecule has 2 heterocycles. The third-order valence-corrected chi connectivity index (χ3v) is 4.24. The summed E-state index contributed by atoms with van der Waals surface area (Å²) < 4.78 is 0. The van der Waals surface area contributed by atoms with Crippen LogP contribution < -0.4 is 5.32 Å². The fraction of sp³-hybridized carbons (Fsp3) is 0.571. The Morgan fingerprint density at radius 1 is 1.31 bits per heavy atom. The summed E-state index contributed by atoms with van der Waals surface area (Å²) in [4.78, 5) is 2.64. The third-order valence-electron chi connectivity index (χ3n) is 4.24. The summed E-state index contributed by atoms with van der Waals surface area (Å²) in [5.74, 6) is 0.951. The van der Waals surface area contributed by atoms with Crippen molar-refractivity contribution in [1.82, 2.24) is 10.2 Å². The average molecular weight is 216 g/mol. The van der Waals surface area contributed by atoms with Crippen LogP contribution in [0.3, 0.4) is 0 Å². The van der Waals surface area contributed by atoms with Crippen molar-refractivity contribution >= 4 is 0 Å². The van der Waals surface area contributed by atoms with Crippen molar-refractivity contribution in [2.45, 2.75) is 25.4 Å². The first kappa shape index (κ1) is 10.3. The van der Waals surface area contributed by atoms with Gasteiger partial charge in [-0.05, 0) is 31.4 Å². The Labute approximate surface area is 97.6 Å². The zero-order chi connectivity index (χ0) is 11.0. The molecule has 0 aromatic heterocycles. The Bertz CT molecular complexity index is 349. The summed E-state index contributed by atoms with van der Waals surface area (Å²) in [5, 5.41) is 3.51. The van der Waals surface area contributed by atoms with Crippen molar-refractivity contribution in [3.63, 3.8) is 0 Å². The highest BCUT2D eigenvalue weighted by atomic mass is 15.3. The van der Waals surface area contributed by atoms with Crippen LogP contribution >= 0.6 is 0 Å². The molecule has 3 rings (SSSR count). The standard InChI is InChI=1S/C14H20N2/c1-11(12-5-3-2-4-6-12)16-10-13-7-8-15-9-14(13)16/h2-6,11,13-15H,7-10H2,1H3/t11?,13-,14-/m0/s1. The summed E-state index contributed by atoms with van der Waals surface area (Å²) in [5.41, 5.74) is 1.45. The summed E-state index contributed by atoms with van der Waals surface area (Å²) in [6.07, 6.45) is 1.36. The molecule has 0 aliphatic carbocycles. The molecule has 1 unspecified atom stereocenters. The predicted molar refractivity (Wildman–Crippen MR) is 66.3 cm³/mol. The van der Waals surface area contributed by atoms with Crippen molar-refractivity contribution in [3.8, 4) is 0 Å². The van der Waals surface area contributed by atoms with Gasteiger partial charge in [0.15, 0.2) is 0 Å². The number of likely N-dealkylation sites (tertiary alicyclic amines) is 1. The lowest BCUT2D eigenvalue weighted by Gasteiger charge is -2.53. The van der Waals surface area contributed by atoms with Gasteiger partial charge in [-0.3, -0.25) is 4.90 Å². The Kier molecular flexibility index (Phi) is 2.70. The van der Waals surface area contributed by atoms with Gasteiger partial charge in [0.1, 0.15) is 0 Å². The number of hydrogen-bond donors (Lipinski definition) is 1. The van der Waals surface area contributed by atoms with E-state index in [2.05, 4.69) is 47.5 Å². The second-order valence-corrected chi connectivity index (χ2v) is 5.10. The van der Waals surface area contributed by atoms with E-state index in [1.165, 1.54) is 31.6 Å². The Morgan fingerprint density at radius 3 is 2.88 bits per heavy atom. The first-order valence-electron chi connectivity index (χ1n) is 6.37. The maximum atomic E-state index is 3.51. The van der Waals surface area contributed by atoms with Crippen LogP contribution in [0, 0.1) is 5.92 Å². The summed E-state index contributed by atoms with van der Waals surface area (Å²) in [6.45, 7) is 6.03. The quantitative estimate of drug-likeness (QED) is 0.814. The number of benzene rings is 1. The maximum absolute atomic E-state index is 3.51. The first-order chi connectivity index (χ1) is 7.86. The smallest absolute Gasteiger partial charge is 0.0323 e. The molecule has 0 bridgehead atoms. The van der Waals surface area contributed by atoms with Crippen molar-refractivity contribution in [1.29, 1.82) is 0 Å². The van der Waals surface area contributed by atoms with Crippen LogP contribution in [0.5, 0.6) is 0 Å². The molecular formula is C14H20N2. The van der Waals surface area contributed by atoms with E-state index in [1.54, 1.807) is 0 Å². The van der Waals surface area contributed by atoms with Gasteiger partial charge >= 0.3 is 0 Å². The minimum Gasteiger partial charge on any atom is -0.315 e. The minimum absolute atomic E-state index is 0.572. The molecule has 1 N–H and O–H groups in total. The lowest BCUT2D eigenvalue weighted by Crippen LogP contribution is -2.63. The monoisotopic (exact) mass is 216 g/mol. The van der Waals surface area contributed by atoms with Gasteiger partial charge in [0.25, 0.3) is 0 Å². The number of hydrogen-bond acceptors (Lipinski definition) is 2. The minimum atomic E-state index is 0.572. The van der Waals surface area contributed by atoms with Crippen LogP contribution in [0.25, 0.3) is 0 Å². The normalized spacial score (nSPS) is 31.6. The highest BCUT2D eigenvalue weighted by Gasteiger charge is 2.42. The SMILES string of the molecule is CC(c1ccccc1)N1C[C@@H]2CCNC[C@@H]21. The highest BCUT2D eigenvalue weighted by Crippen LogP contribution is 2.36. The molecule has 2 aliphatic rings. The molecule has 2 saturated heterocycles. The van der Waals surface area contributed by atoms with E-state index in [0.29, 0.717) is 6.04 Å². The number of rotatable bonds is 2. The molecule has 2 heteroatoms. The molecule has 2 aliphatic heterocycles. The number of piperidine rings is 1. The molecule has 0 saturated carbocycles. The lowest BCUT2D eigenvalue weighted by atomic mass is 9.81. The van der Waals surface area contributed by atoms with Crippen LogP contribution in [0.1, 0.15) is 24.9 Å². The van der Waals surface area contributed by atoms with Crippen LogP contribution in [0.2, 0.25) is 0 Å². The van der Waals surface area contributed by atoms with Gasteiger partial charge in [-0.25, -0.2) is 0 Å². The van der Waals surface area contributed by atoms with Gasteiger partial charge in [0.05, 0.1) is 0 Å². The average Bonchev–Trinajstić information content (AvgIpc) is 2.32. The molecule has 1 aromatic carbocycles. The van der Waals surface area contributed by atoms with Crippen LogP contribution in [0.15, 0.2) is 30.3 Å². The molecular weight excluding hydrogens is 196 g/mol. The van der Waals surface area contributed by atoms with Crippen LogP contribution in [-0.2, 0) is 0 Å². The Hall–Kier alpha value is -0.860. The molecule has 1 aromatic rings. The van der Waals surface area contributed by atoms with Gasteiger partial charge in [-0.2, -0.15) is 0 Å². The molecule has 86 valence electrons. The van der Waals surface area contributed by atoms with Gasteiger partial charge in [0, 0.05) is 25.2 Å². The first-order valence-corrected chi connectivity index (χ1v) is 6.37. The lowest BCUT2D eigenvalue weighted by molar-refractivity contribution is -0.0345. The van der Waals surface area contributed by atoms with Crippen LogP contribution in [0.4, 0.5) is 0 Å². The molecule has 16 heavy (non-hydrogen) atoms. The topological polar surface area (TPSA) is 15.3 Å². The zero-order valence-corrected chi connectivity index (χ0v) is 9.89. The maximum Gasteiger partial charge on any atom is 0.0323 e. The van der Waals surface area contributed by atoms with Gasteiger partial charge < -0.3 is 5.32 Å². The number of nitrogens with one attached hydrogen (secondary N) is 1. The third kappa shape index (κ3) is 1.66. The van der Waals surface area contributed by atoms with E-state index in [-0.39, 0.29) is 0 Å². The summed E-state index contributed by atoms with van der Waals surface area (Å²) in [7, 11) is 0.